The van der Waals surface area contributed by atoms with Gasteiger partial charge in [0.1, 0.15) is 6.61 Å². The molecule has 1 fully saturated rings. The smallest absolute Gasteiger partial charge is 0.261 e. The number of ether oxygens (including phenoxy) is 2. The molecule has 0 saturated heterocycles. The second kappa shape index (κ2) is 6.40. The topological polar surface area (TPSA) is 47.6 Å². The molecular formula is C17H19NO3S. The molecule has 1 aliphatic rings. The molecule has 1 N–H and O–H groups in total. The minimum Gasteiger partial charge on any atom is -0.493 e. The van der Waals surface area contributed by atoms with Crippen LogP contribution in [0.3, 0.4) is 0 Å². The van der Waals surface area contributed by atoms with Crippen molar-refractivity contribution in [1.82, 2.24) is 5.32 Å². The summed E-state index contributed by atoms with van der Waals surface area (Å²) in [5, 5.41) is 4.95. The van der Waals surface area contributed by atoms with Gasteiger partial charge in [0, 0.05) is 11.6 Å². The summed E-state index contributed by atoms with van der Waals surface area (Å²) < 4.78 is 11.1. The lowest BCUT2D eigenvalue weighted by atomic mass is 10.2. The number of hydrogen-bond donors (Lipinski definition) is 1. The lowest BCUT2D eigenvalue weighted by molar-refractivity contribution is 0.0955. The highest BCUT2D eigenvalue weighted by atomic mass is 32.1. The van der Waals surface area contributed by atoms with Gasteiger partial charge >= 0.3 is 0 Å². The first-order valence-electron chi connectivity index (χ1n) is 7.31. The molecule has 0 spiro atoms. The van der Waals surface area contributed by atoms with Crippen LogP contribution in [0.2, 0.25) is 0 Å². The summed E-state index contributed by atoms with van der Waals surface area (Å²) in [6.45, 7) is 2.43. The van der Waals surface area contributed by atoms with Crippen molar-refractivity contribution in [2.45, 2.75) is 32.4 Å². The summed E-state index contributed by atoms with van der Waals surface area (Å²) in [5.41, 5.74) is 2.12. The van der Waals surface area contributed by atoms with E-state index in [1.165, 1.54) is 11.3 Å². The van der Waals surface area contributed by atoms with Gasteiger partial charge in [0.2, 0.25) is 0 Å². The van der Waals surface area contributed by atoms with Crippen LogP contribution in [0.5, 0.6) is 11.5 Å². The first-order chi connectivity index (χ1) is 10.7. The molecule has 116 valence electrons. The predicted octanol–water partition coefficient (Wildman–Crippen LogP) is 3.54. The van der Waals surface area contributed by atoms with Gasteiger partial charge in [0.15, 0.2) is 11.5 Å². The maximum atomic E-state index is 12.0. The van der Waals surface area contributed by atoms with Crippen LogP contribution in [0, 0.1) is 6.92 Å². The minimum absolute atomic E-state index is 0.0201. The molecule has 4 nitrogen and oxygen atoms in total. The van der Waals surface area contributed by atoms with E-state index in [-0.39, 0.29) is 5.91 Å². The van der Waals surface area contributed by atoms with Gasteiger partial charge in [-0.3, -0.25) is 4.79 Å². The second-order valence-corrected chi connectivity index (χ2v) is 6.42. The van der Waals surface area contributed by atoms with Crippen LogP contribution < -0.4 is 14.8 Å². The summed E-state index contributed by atoms with van der Waals surface area (Å²) >= 11 is 1.45. The first-order valence-corrected chi connectivity index (χ1v) is 8.19. The third-order valence-corrected chi connectivity index (χ3v) is 4.48. The van der Waals surface area contributed by atoms with E-state index in [1.54, 1.807) is 7.11 Å². The average Bonchev–Trinajstić information content (AvgIpc) is 3.20. The van der Waals surface area contributed by atoms with Crippen molar-refractivity contribution < 1.29 is 14.3 Å². The zero-order chi connectivity index (χ0) is 15.5. The Balaban J connectivity index is 1.62. The lowest BCUT2D eigenvalue weighted by Gasteiger charge is -2.10. The Hall–Kier alpha value is -2.01. The molecule has 22 heavy (non-hydrogen) atoms. The van der Waals surface area contributed by atoms with Gasteiger partial charge in [-0.1, -0.05) is 6.07 Å². The van der Waals surface area contributed by atoms with Crippen molar-refractivity contribution >= 4 is 17.2 Å². The largest absolute Gasteiger partial charge is 0.493 e. The molecule has 0 aliphatic heterocycles. The number of aryl methyl sites for hydroxylation is 1. The van der Waals surface area contributed by atoms with E-state index >= 15 is 0 Å². The number of benzene rings is 1. The number of rotatable bonds is 6. The monoisotopic (exact) mass is 317 g/mol. The van der Waals surface area contributed by atoms with Crippen molar-refractivity contribution in [2.75, 3.05) is 7.11 Å². The molecule has 1 amide bonds. The molecule has 5 heteroatoms. The van der Waals surface area contributed by atoms with Crippen molar-refractivity contribution in [1.29, 1.82) is 0 Å². The fourth-order valence-corrected chi connectivity index (χ4v) is 2.91. The average molecular weight is 317 g/mol. The molecule has 3 rings (SSSR count). The Morgan fingerprint density at radius 2 is 2.14 bits per heavy atom. The van der Waals surface area contributed by atoms with Crippen LogP contribution in [0.25, 0.3) is 0 Å². The van der Waals surface area contributed by atoms with Gasteiger partial charge in [0.05, 0.1) is 12.0 Å². The van der Waals surface area contributed by atoms with E-state index in [0.29, 0.717) is 18.4 Å². The number of carbonyl (C=O) groups excluding carboxylic acids is 1. The molecule has 1 saturated carbocycles. The fourth-order valence-electron chi connectivity index (χ4n) is 2.11. The third-order valence-electron chi connectivity index (χ3n) is 3.50. The molecule has 0 unspecified atom stereocenters. The number of methoxy groups -OCH3 is 1. The van der Waals surface area contributed by atoms with Crippen molar-refractivity contribution in [2.24, 2.45) is 0 Å². The maximum absolute atomic E-state index is 12.0. The minimum atomic E-state index is 0.0201. The van der Waals surface area contributed by atoms with Gasteiger partial charge < -0.3 is 14.8 Å². The molecule has 2 aromatic rings. The molecule has 1 aromatic carbocycles. The van der Waals surface area contributed by atoms with Crippen molar-refractivity contribution in [3.63, 3.8) is 0 Å². The molecule has 1 heterocycles. The highest BCUT2D eigenvalue weighted by Crippen LogP contribution is 2.29. The SMILES string of the molecule is COc1cc(C)ccc1OCc1csc(C(=O)NC2CC2)c1. The van der Waals surface area contributed by atoms with E-state index in [9.17, 15) is 4.79 Å². The maximum Gasteiger partial charge on any atom is 0.261 e. The van der Waals surface area contributed by atoms with Crippen LogP contribution in [0.15, 0.2) is 29.6 Å². The first kappa shape index (κ1) is 14.9. The van der Waals surface area contributed by atoms with Crippen molar-refractivity contribution in [3.8, 4) is 11.5 Å². The third kappa shape index (κ3) is 3.60. The van der Waals surface area contributed by atoms with Gasteiger partial charge in [-0.15, -0.1) is 11.3 Å². The van der Waals surface area contributed by atoms with Crippen LogP contribution in [0.4, 0.5) is 0 Å². The molecule has 0 radical (unpaired) electrons. The van der Waals surface area contributed by atoms with Gasteiger partial charge in [-0.05, 0) is 48.9 Å². The zero-order valence-corrected chi connectivity index (χ0v) is 13.5. The van der Waals surface area contributed by atoms with Gasteiger partial charge in [-0.2, -0.15) is 0 Å². The van der Waals surface area contributed by atoms with E-state index < -0.39 is 0 Å². The summed E-state index contributed by atoms with van der Waals surface area (Å²) in [4.78, 5) is 12.7. The van der Waals surface area contributed by atoms with Crippen LogP contribution in [0.1, 0.15) is 33.6 Å². The van der Waals surface area contributed by atoms with E-state index in [1.807, 2.05) is 36.6 Å². The highest BCUT2D eigenvalue weighted by Gasteiger charge is 2.24. The predicted molar refractivity (Wildman–Crippen MR) is 86.9 cm³/mol. The summed E-state index contributed by atoms with van der Waals surface area (Å²) in [5.74, 6) is 1.46. The van der Waals surface area contributed by atoms with Gasteiger partial charge in [0.25, 0.3) is 5.91 Å². The number of carbonyl (C=O) groups is 1. The molecule has 1 aromatic heterocycles. The number of amides is 1. The van der Waals surface area contributed by atoms with Crippen LogP contribution in [-0.4, -0.2) is 19.1 Å². The van der Waals surface area contributed by atoms with Crippen LogP contribution in [-0.2, 0) is 6.61 Å². The summed E-state index contributed by atoms with van der Waals surface area (Å²) in [6, 6.07) is 8.10. The lowest BCUT2D eigenvalue weighted by Crippen LogP contribution is -2.24. The van der Waals surface area contributed by atoms with E-state index in [4.69, 9.17) is 9.47 Å². The molecular weight excluding hydrogens is 298 g/mol. The Kier molecular flexibility index (Phi) is 4.34. The van der Waals surface area contributed by atoms with Gasteiger partial charge in [-0.25, -0.2) is 0 Å². The normalized spacial score (nSPS) is 13.7. The van der Waals surface area contributed by atoms with E-state index in [0.717, 1.165) is 34.6 Å². The summed E-state index contributed by atoms with van der Waals surface area (Å²) in [6.07, 6.45) is 2.20. The quantitative estimate of drug-likeness (QED) is 0.886. The summed E-state index contributed by atoms with van der Waals surface area (Å²) in [7, 11) is 1.63. The van der Waals surface area contributed by atoms with Crippen LogP contribution >= 0.6 is 11.3 Å². The highest BCUT2D eigenvalue weighted by molar-refractivity contribution is 7.12. The molecule has 1 aliphatic carbocycles. The van der Waals surface area contributed by atoms with E-state index in [2.05, 4.69) is 5.32 Å². The number of hydrogen-bond acceptors (Lipinski definition) is 4. The fraction of sp³-hybridized carbons (Fsp3) is 0.353. The Morgan fingerprint density at radius 3 is 2.86 bits per heavy atom. The number of thiophene rings is 1. The standard InChI is InChI=1S/C17H19NO3S/c1-11-3-6-14(15(7-11)20-2)21-9-12-8-16(22-10-12)17(19)18-13-4-5-13/h3,6-8,10,13H,4-5,9H2,1-2H3,(H,18,19). The Labute approximate surface area is 134 Å². The number of nitrogens with one attached hydrogen (secondary N) is 1. The second-order valence-electron chi connectivity index (χ2n) is 5.51. The zero-order valence-electron chi connectivity index (χ0n) is 12.7. The Morgan fingerprint density at radius 1 is 1.32 bits per heavy atom. The molecule has 0 atom stereocenters. The molecule has 0 bridgehead atoms. The Bertz CT molecular complexity index is 676. The van der Waals surface area contributed by atoms with Crippen molar-refractivity contribution in [3.05, 3.63) is 45.6 Å².